The van der Waals surface area contributed by atoms with E-state index in [0.717, 1.165) is 45.4 Å². The van der Waals surface area contributed by atoms with Crippen LogP contribution in [0.4, 0.5) is 10.1 Å². The molecule has 1 saturated heterocycles. The van der Waals surface area contributed by atoms with Gasteiger partial charge in [-0.25, -0.2) is 4.39 Å². The van der Waals surface area contributed by atoms with Crippen molar-refractivity contribution in [1.82, 2.24) is 5.32 Å². The summed E-state index contributed by atoms with van der Waals surface area (Å²) in [5, 5.41) is 12.2. The highest BCUT2D eigenvalue weighted by Crippen LogP contribution is 2.24. The number of rotatable bonds is 5. The van der Waals surface area contributed by atoms with Crippen molar-refractivity contribution in [2.24, 2.45) is 5.92 Å². The third-order valence-corrected chi connectivity index (χ3v) is 3.85. The predicted octanol–water partition coefficient (Wildman–Crippen LogP) is 2.91. The number of hydrogen-bond donors (Lipinski definition) is 1. The number of piperidine rings is 1. The summed E-state index contributed by atoms with van der Waals surface area (Å²) in [5.41, 5.74) is 1.01. The summed E-state index contributed by atoms with van der Waals surface area (Å²) in [5.74, 6) is 0.337. The Kier molecular flexibility index (Phi) is 5.37. The molecule has 0 spiro atoms. The van der Waals surface area contributed by atoms with Gasteiger partial charge in [0.2, 0.25) is 0 Å². The normalized spacial score (nSPS) is 15.8. The standard InChI is InChI=1S/C16H22FN3/c1-2-9-20(12-13-5-7-19-8-6-13)16-4-3-14(11-18)10-15(16)17/h3-4,10,13,19H,2,5-9,12H2,1H3. The van der Waals surface area contributed by atoms with E-state index in [-0.39, 0.29) is 5.82 Å². The summed E-state index contributed by atoms with van der Waals surface area (Å²) in [7, 11) is 0. The molecule has 0 saturated carbocycles. The molecule has 1 heterocycles. The van der Waals surface area contributed by atoms with Gasteiger partial charge in [-0.05, 0) is 56.5 Å². The van der Waals surface area contributed by atoms with E-state index in [2.05, 4.69) is 17.1 Å². The second-order valence-electron chi connectivity index (χ2n) is 5.42. The van der Waals surface area contributed by atoms with Crippen LogP contribution in [0.3, 0.4) is 0 Å². The fraction of sp³-hybridized carbons (Fsp3) is 0.562. The maximum absolute atomic E-state index is 14.2. The van der Waals surface area contributed by atoms with E-state index in [0.29, 0.717) is 17.2 Å². The number of nitrogens with zero attached hydrogens (tertiary/aromatic N) is 2. The molecule has 2 rings (SSSR count). The van der Waals surface area contributed by atoms with Gasteiger partial charge in [-0.3, -0.25) is 0 Å². The van der Waals surface area contributed by atoms with Crippen molar-refractivity contribution >= 4 is 5.69 Å². The lowest BCUT2D eigenvalue weighted by Crippen LogP contribution is -2.37. The lowest BCUT2D eigenvalue weighted by atomic mass is 9.97. The summed E-state index contributed by atoms with van der Waals surface area (Å²) < 4.78 is 14.2. The highest BCUT2D eigenvalue weighted by Gasteiger charge is 2.19. The minimum Gasteiger partial charge on any atom is -0.369 e. The Morgan fingerprint density at radius 3 is 2.75 bits per heavy atom. The molecule has 1 fully saturated rings. The molecule has 20 heavy (non-hydrogen) atoms. The topological polar surface area (TPSA) is 39.1 Å². The fourth-order valence-electron chi connectivity index (χ4n) is 2.79. The molecule has 0 radical (unpaired) electrons. The Hall–Kier alpha value is -1.60. The molecule has 108 valence electrons. The summed E-state index contributed by atoms with van der Waals surface area (Å²) >= 11 is 0. The predicted molar refractivity (Wildman–Crippen MR) is 79.2 cm³/mol. The van der Waals surface area contributed by atoms with Crippen molar-refractivity contribution in [3.63, 3.8) is 0 Å². The first kappa shape index (κ1) is 14.8. The quantitative estimate of drug-likeness (QED) is 0.898. The Morgan fingerprint density at radius 1 is 1.40 bits per heavy atom. The van der Waals surface area contributed by atoms with Crippen LogP contribution in [0.15, 0.2) is 18.2 Å². The SMILES string of the molecule is CCCN(CC1CCNCC1)c1ccc(C#N)cc1F. The van der Waals surface area contributed by atoms with Gasteiger partial charge >= 0.3 is 0 Å². The van der Waals surface area contributed by atoms with Crippen LogP contribution < -0.4 is 10.2 Å². The number of nitriles is 1. The van der Waals surface area contributed by atoms with E-state index < -0.39 is 0 Å². The van der Waals surface area contributed by atoms with Gasteiger partial charge in [0.15, 0.2) is 0 Å². The second kappa shape index (κ2) is 7.25. The number of nitrogens with one attached hydrogen (secondary N) is 1. The summed E-state index contributed by atoms with van der Waals surface area (Å²) in [6.07, 6.45) is 3.29. The maximum atomic E-state index is 14.2. The summed E-state index contributed by atoms with van der Waals surface area (Å²) in [6.45, 7) is 5.98. The smallest absolute Gasteiger partial charge is 0.147 e. The summed E-state index contributed by atoms with van der Waals surface area (Å²) in [6, 6.07) is 6.75. The zero-order valence-corrected chi connectivity index (χ0v) is 12.0. The van der Waals surface area contributed by atoms with Crippen LogP contribution in [0.2, 0.25) is 0 Å². The van der Waals surface area contributed by atoms with Crippen molar-refractivity contribution < 1.29 is 4.39 Å². The highest BCUT2D eigenvalue weighted by molar-refractivity contribution is 5.51. The molecule has 0 aliphatic carbocycles. The second-order valence-corrected chi connectivity index (χ2v) is 5.42. The molecule has 0 amide bonds. The Bertz CT molecular complexity index is 475. The molecule has 0 unspecified atom stereocenters. The average Bonchev–Trinajstić information content (AvgIpc) is 2.48. The first-order valence-electron chi connectivity index (χ1n) is 7.40. The highest BCUT2D eigenvalue weighted by atomic mass is 19.1. The molecule has 1 aliphatic heterocycles. The van der Waals surface area contributed by atoms with Crippen LogP contribution >= 0.6 is 0 Å². The Morgan fingerprint density at radius 2 is 2.15 bits per heavy atom. The molecule has 1 aromatic carbocycles. The van der Waals surface area contributed by atoms with Crippen LogP contribution in [0.1, 0.15) is 31.7 Å². The molecular formula is C16H22FN3. The van der Waals surface area contributed by atoms with Crippen LogP contribution in [-0.2, 0) is 0 Å². The van der Waals surface area contributed by atoms with Crippen LogP contribution in [0, 0.1) is 23.1 Å². The Balaban J connectivity index is 2.12. The Labute approximate surface area is 120 Å². The zero-order valence-electron chi connectivity index (χ0n) is 12.0. The van der Waals surface area contributed by atoms with Crippen molar-refractivity contribution in [3.05, 3.63) is 29.6 Å². The third-order valence-electron chi connectivity index (χ3n) is 3.85. The molecule has 0 bridgehead atoms. The number of hydrogen-bond acceptors (Lipinski definition) is 3. The average molecular weight is 275 g/mol. The van der Waals surface area contributed by atoms with Gasteiger partial charge in [0.05, 0.1) is 17.3 Å². The van der Waals surface area contributed by atoms with Crippen LogP contribution in [0.5, 0.6) is 0 Å². The van der Waals surface area contributed by atoms with E-state index in [4.69, 9.17) is 5.26 Å². The minimum atomic E-state index is -0.286. The van der Waals surface area contributed by atoms with Gasteiger partial charge in [-0.1, -0.05) is 6.92 Å². The number of halogens is 1. The fourth-order valence-corrected chi connectivity index (χ4v) is 2.79. The molecule has 1 aliphatic rings. The van der Waals surface area contributed by atoms with E-state index >= 15 is 0 Å². The van der Waals surface area contributed by atoms with Gasteiger partial charge in [0.1, 0.15) is 5.82 Å². The molecular weight excluding hydrogens is 253 g/mol. The number of anilines is 1. The molecule has 1 N–H and O–H groups in total. The largest absolute Gasteiger partial charge is 0.369 e. The van der Waals surface area contributed by atoms with Crippen molar-refractivity contribution in [2.45, 2.75) is 26.2 Å². The summed E-state index contributed by atoms with van der Waals surface area (Å²) in [4.78, 5) is 2.13. The van der Waals surface area contributed by atoms with Crippen molar-refractivity contribution in [1.29, 1.82) is 5.26 Å². The van der Waals surface area contributed by atoms with Gasteiger partial charge < -0.3 is 10.2 Å². The lowest BCUT2D eigenvalue weighted by molar-refractivity contribution is 0.372. The van der Waals surface area contributed by atoms with E-state index in [1.165, 1.54) is 6.07 Å². The van der Waals surface area contributed by atoms with Crippen LogP contribution in [0.25, 0.3) is 0 Å². The third kappa shape index (κ3) is 3.71. The van der Waals surface area contributed by atoms with Crippen molar-refractivity contribution in [3.8, 4) is 6.07 Å². The van der Waals surface area contributed by atoms with Gasteiger partial charge in [0.25, 0.3) is 0 Å². The van der Waals surface area contributed by atoms with E-state index in [1.807, 2.05) is 6.07 Å². The molecule has 0 aromatic heterocycles. The van der Waals surface area contributed by atoms with Gasteiger partial charge in [-0.15, -0.1) is 0 Å². The maximum Gasteiger partial charge on any atom is 0.147 e. The van der Waals surface area contributed by atoms with E-state index in [9.17, 15) is 4.39 Å². The van der Waals surface area contributed by atoms with Crippen LogP contribution in [-0.4, -0.2) is 26.2 Å². The van der Waals surface area contributed by atoms with E-state index in [1.54, 1.807) is 12.1 Å². The first-order valence-corrected chi connectivity index (χ1v) is 7.40. The lowest BCUT2D eigenvalue weighted by Gasteiger charge is -2.31. The van der Waals surface area contributed by atoms with Gasteiger partial charge in [-0.2, -0.15) is 5.26 Å². The monoisotopic (exact) mass is 275 g/mol. The molecule has 3 nitrogen and oxygen atoms in total. The zero-order chi connectivity index (χ0) is 14.4. The molecule has 0 atom stereocenters. The molecule has 1 aromatic rings. The van der Waals surface area contributed by atoms with Crippen molar-refractivity contribution in [2.75, 3.05) is 31.1 Å². The molecule has 4 heteroatoms. The van der Waals surface area contributed by atoms with Gasteiger partial charge in [0, 0.05) is 13.1 Å². The first-order chi connectivity index (χ1) is 9.74. The minimum absolute atomic E-state index is 0.286. The number of benzene rings is 1.